The van der Waals surface area contributed by atoms with Crippen LogP contribution in [0.3, 0.4) is 0 Å². The van der Waals surface area contributed by atoms with Crippen molar-refractivity contribution in [2.75, 3.05) is 0 Å². The minimum atomic E-state index is -4.34. The van der Waals surface area contributed by atoms with Crippen molar-refractivity contribution in [3.05, 3.63) is 70.8 Å². The Kier molecular flexibility index (Phi) is 2.87. The molecule has 3 rings (SSSR count). The molecule has 0 saturated heterocycles. The van der Waals surface area contributed by atoms with Gasteiger partial charge in [-0.1, -0.05) is 36.4 Å². The monoisotopic (exact) mass is 277 g/mol. The van der Waals surface area contributed by atoms with Crippen LogP contribution in [0.15, 0.2) is 48.5 Å². The third-order valence-electron chi connectivity index (χ3n) is 3.99. The third-order valence-corrected chi connectivity index (χ3v) is 3.99. The molecule has 0 spiro atoms. The van der Waals surface area contributed by atoms with Gasteiger partial charge >= 0.3 is 6.18 Å². The van der Waals surface area contributed by atoms with Crippen LogP contribution in [-0.2, 0) is 18.1 Å². The lowest BCUT2D eigenvalue weighted by Gasteiger charge is -2.27. The van der Waals surface area contributed by atoms with E-state index in [4.69, 9.17) is 5.73 Å². The van der Waals surface area contributed by atoms with E-state index in [2.05, 4.69) is 0 Å². The first-order valence-corrected chi connectivity index (χ1v) is 6.46. The number of halogens is 3. The lowest BCUT2D eigenvalue weighted by atomic mass is 9.84. The maximum absolute atomic E-state index is 12.8. The second-order valence-corrected chi connectivity index (χ2v) is 5.21. The van der Waals surface area contributed by atoms with Crippen LogP contribution < -0.4 is 5.73 Å². The molecule has 1 nitrogen and oxygen atoms in total. The molecule has 20 heavy (non-hydrogen) atoms. The summed E-state index contributed by atoms with van der Waals surface area (Å²) in [7, 11) is 0. The number of nitrogens with two attached hydrogens (primary N) is 1. The van der Waals surface area contributed by atoms with E-state index in [1.165, 1.54) is 12.1 Å². The highest BCUT2D eigenvalue weighted by Crippen LogP contribution is 2.41. The van der Waals surface area contributed by atoms with Crippen LogP contribution in [0.4, 0.5) is 13.2 Å². The molecule has 2 N–H and O–H groups in total. The fourth-order valence-corrected chi connectivity index (χ4v) is 2.91. The Morgan fingerprint density at radius 3 is 2.50 bits per heavy atom. The van der Waals surface area contributed by atoms with Crippen LogP contribution in [0.1, 0.15) is 28.7 Å². The summed E-state index contributed by atoms with van der Waals surface area (Å²) >= 11 is 0. The van der Waals surface area contributed by atoms with Crippen LogP contribution in [0, 0.1) is 0 Å². The summed E-state index contributed by atoms with van der Waals surface area (Å²) in [6, 6.07) is 13.0. The molecule has 2 aromatic carbocycles. The van der Waals surface area contributed by atoms with Crippen LogP contribution >= 0.6 is 0 Å². The summed E-state index contributed by atoms with van der Waals surface area (Å²) in [5, 5.41) is 0. The average molecular weight is 277 g/mol. The molecule has 0 heterocycles. The first kappa shape index (κ1) is 13.2. The Labute approximate surface area is 115 Å². The van der Waals surface area contributed by atoms with E-state index in [1.54, 1.807) is 6.07 Å². The van der Waals surface area contributed by atoms with E-state index < -0.39 is 17.3 Å². The van der Waals surface area contributed by atoms with Gasteiger partial charge in [-0.05, 0) is 41.7 Å². The van der Waals surface area contributed by atoms with Gasteiger partial charge in [-0.15, -0.1) is 0 Å². The van der Waals surface area contributed by atoms with Crippen molar-refractivity contribution in [2.24, 2.45) is 5.73 Å². The molecule has 0 amide bonds. The molecule has 0 fully saturated rings. The SMILES string of the molecule is NC1(c2cccc(C(F)(F)F)c2)CCc2ccccc21. The first-order chi connectivity index (χ1) is 9.41. The van der Waals surface area contributed by atoms with Crippen molar-refractivity contribution < 1.29 is 13.2 Å². The number of aryl methyl sites for hydroxylation is 1. The number of fused-ring (bicyclic) bond motifs is 1. The summed E-state index contributed by atoms with van der Waals surface area (Å²) in [5.41, 5.74) is 7.54. The minimum absolute atomic E-state index is 0.525. The first-order valence-electron chi connectivity index (χ1n) is 6.46. The van der Waals surface area contributed by atoms with Gasteiger partial charge < -0.3 is 5.73 Å². The molecule has 0 aromatic heterocycles. The summed E-state index contributed by atoms with van der Waals surface area (Å²) in [4.78, 5) is 0. The van der Waals surface area contributed by atoms with E-state index in [0.29, 0.717) is 12.0 Å². The van der Waals surface area contributed by atoms with Crippen molar-refractivity contribution in [3.63, 3.8) is 0 Å². The zero-order valence-corrected chi connectivity index (χ0v) is 10.7. The summed E-state index contributed by atoms with van der Waals surface area (Å²) in [6.07, 6.45) is -2.92. The highest BCUT2D eigenvalue weighted by Gasteiger charge is 2.38. The molecule has 1 aliphatic carbocycles. The Morgan fingerprint density at radius 2 is 1.75 bits per heavy atom. The van der Waals surface area contributed by atoms with Gasteiger partial charge in [0.15, 0.2) is 0 Å². The van der Waals surface area contributed by atoms with Crippen molar-refractivity contribution in [1.29, 1.82) is 0 Å². The van der Waals surface area contributed by atoms with Crippen LogP contribution in [0.25, 0.3) is 0 Å². The number of benzene rings is 2. The van der Waals surface area contributed by atoms with Crippen molar-refractivity contribution >= 4 is 0 Å². The zero-order valence-electron chi connectivity index (χ0n) is 10.7. The van der Waals surface area contributed by atoms with Gasteiger partial charge in [0, 0.05) is 0 Å². The van der Waals surface area contributed by atoms with Gasteiger partial charge in [0.2, 0.25) is 0 Å². The summed E-state index contributed by atoms with van der Waals surface area (Å²) in [5.74, 6) is 0. The number of alkyl halides is 3. The number of hydrogen-bond donors (Lipinski definition) is 1. The van der Waals surface area contributed by atoms with Gasteiger partial charge in [-0.25, -0.2) is 0 Å². The van der Waals surface area contributed by atoms with Gasteiger partial charge in [-0.2, -0.15) is 13.2 Å². The molecular formula is C16H14F3N. The Bertz CT molecular complexity index is 648. The van der Waals surface area contributed by atoms with E-state index in [-0.39, 0.29) is 0 Å². The standard InChI is InChI=1S/C16H14F3N/c17-16(18,19)13-6-3-5-12(10-13)15(20)9-8-11-4-1-2-7-14(11)15/h1-7,10H,8-9,20H2. The van der Waals surface area contributed by atoms with Crippen LogP contribution in [0.2, 0.25) is 0 Å². The molecule has 0 radical (unpaired) electrons. The largest absolute Gasteiger partial charge is 0.416 e. The highest BCUT2D eigenvalue weighted by atomic mass is 19.4. The average Bonchev–Trinajstić information content (AvgIpc) is 2.78. The second-order valence-electron chi connectivity index (χ2n) is 5.21. The molecule has 0 saturated carbocycles. The maximum Gasteiger partial charge on any atom is 0.416 e. The number of hydrogen-bond acceptors (Lipinski definition) is 1. The van der Waals surface area contributed by atoms with Crippen molar-refractivity contribution in [3.8, 4) is 0 Å². The molecule has 1 unspecified atom stereocenters. The second kappa shape index (κ2) is 4.35. The zero-order chi connectivity index (χ0) is 14.4. The molecular weight excluding hydrogens is 263 g/mol. The number of rotatable bonds is 1. The molecule has 2 aromatic rings. The normalized spacial score (nSPS) is 21.8. The molecule has 1 aliphatic rings. The van der Waals surface area contributed by atoms with Gasteiger partial charge in [0.25, 0.3) is 0 Å². The van der Waals surface area contributed by atoms with E-state index >= 15 is 0 Å². The highest BCUT2D eigenvalue weighted by molar-refractivity contribution is 5.47. The lowest BCUT2D eigenvalue weighted by molar-refractivity contribution is -0.137. The Morgan fingerprint density at radius 1 is 1.00 bits per heavy atom. The maximum atomic E-state index is 12.8. The fourth-order valence-electron chi connectivity index (χ4n) is 2.91. The predicted octanol–water partition coefficient (Wildman–Crippen LogP) is 3.85. The lowest BCUT2D eigenvalue weighted by Crippen LogP contribution is -2.35. The molecule has 0 aliphatic heterocycles. The summed E-state index contributed by atoms with van der Waals surface area (Å²) in [6.45, 7) is 0. The van der Waals surface area contributed by atoms with Gasteiger partial charge in [0.05, 0.1) is 11.1 Å². The molecule has 0 bridgehead atoms. The summed E-state index contributed by atoms with van der Waals surface area (Å²) < 4.78 is 38.5. The fraction of sp³-hybridized carbons (Fsp3) is 0.250. The molecule has 1 atom stereocenters. The predicted molar refractivity (Wildman–Crippen MR) is 71.2 cm³/mol. The Hall–Kier alpha value is -1.81. The van der Waals surface area contributed by atoms with Crippen LogP contribution in [0.5, 0.6) is 0 Å². The third kappa shape index (κ3) is 2.00. The topological polar surface area (TPSA) is 26.0 Å². The van der Waals surface area contributed by atoms with Gasteiger partial charge in [-0.3, -0.25) is 0 Å². The quantitative estimate of drug-likeness (QED) is 0.841. The van der Waals surface area contributed by atoms with E-state index in [9.17, 15) is 13.2 Å². The van der Waals surface area contributed by atoms with Crippen molar-refractivity contribution in [1.82, 2.24) is 0 Å². The Balaban J connectivity index is 2.10. The molecule has 4 heteroatoms. The van der Waals surface area contributed by atoms with E-state index in [1.807, 2.05) is 24.3 Å². The van der Waals surface area contributed by atoms with E-state index in [0.717, 1.165) is 23.6 Å². The minimum Gasteiger partial charge on any atom is -0.318 e. The van der Waals surface area contributed by atoms with Crippen LogP contribution in [-0.4, -0.2) is 0 Å². The molecule has 104 valence electrons. The van der Waals surface area contributed by atoms with Crippen molar-refractivity contribution in [2.45, 2.75) is 24.6 Å². The smallest absolute Gasteiger partial charge is 0.318 e. The van der Waals surface area contributed by atoms with Gasteiger partial charge in [0.1, 0.15) is 0 Å².